The van der Waals surface area contributed by atoms with Crippen LogP contribution in [0.15, 0.2) is 40.5 Å². The topological polar surface area (TPSA) is 113 Å². The van der Waals surface area contributed by atoms with Crippen LogP contribution in [0, 0.1) is 11.8 Å². The third-order valence-electron chi connectivity index (χ3n) is 7.69. The number of pyridine rings is 1. The van der Waals surface area contributed by atoms with E-state index < -0.39 is 0 Å². The van der Waals surface area contributed by atoms with Crippen molar-refractivity contribution in [3.05, 3.63) is 41.2 Å². The van der Waals surface area contributed by atoms with E-state index in [9.17, 15) is 0 Å². The van der Waals surface area contributed by atoms with Crippen LogP contribution in [0.3, 0.4) is 0 Å². The van der Waals surface area contributed by atoms with E-state index in [1.54, 1.807) is 11.8 Å². The lowest BCUT2D eigenvalue weighted by molar-refractivity contribution is 0.521. The summed E-state index contributed by atoms with van der Waals surface area (Å²) in [6.45, 7) is 5.71. The summed E-state index contributed by atoms with van der Waals surface area (Å²) in [6, 6.07) is 9.01. The summed E-state index contributed by atoms with van der Waals surface area (Å²) in [6.07, 6.45) is 2.68. The Hall–Kier alpha value is -2.59. The molecule has 5 N–H and O–H groups in total. The highest BCUT2D eigenvalue weighted by Crippen LogP contribution is 2.47. The number of hydrogen-bond donors (Lipinski definition) is 3. The second-order valence-corrected chi connectivity index (χ2v) is 11.3. The van der Waals surface area contributed by atoms with Gasteiger partial charge in [-0.05, 0) is 54.3 Å². The Kier molecular flexibility index (Phi) is 4.93. The van der Waals surface area contributed by atoms with Crippen molar-refractivity contribution in [1.29, 1.82) is 0 Å². The zero-order valence-corrected chi connectivity index (χ0v) is 21.0. The van der Waals surface area contributed by atoms with Gasteiger partial charge in [-0.3, -0.25) is 4.98 Å². The van der Waals surface area contributed by atoms with E-state index in [1.807, 2.05) is 6.20 Å². The largest absolute Gasteiger partial charge is 0.368 e. The predicted octanol–water partition coefficient (Wildman–Crippen LogP) is 3.41. The van der Waals surface area contributed by atoms with Crippen LogP contribution < -0.4 is 21.3 Å². The molecule has 2 aliphatic heterocycles. The summed E-state index contributed by atoms with van der Waals surface area (Å²) in [5, 5.41) is 3.48. The summed E-state index contributed by atoms with van der Waals surface area (Å²) < 4.78 is 0. The van der Waals surface area contributed by atoms with Gasteiger partial charge in [-0.2, -0.15) is 0 Å². The SMILES string of the molecule is CCc1[nH]c2nc(Sc3ccc4c(N5CC(N)C5)ccnc4c3)nc(N3C[C@@H]4C(N)[C@@H]4C3)c2c1Cl. The summed E-state index contributed by atoms with van der Waals surface area (Å²) in [7, 11) is 0. The summed E-state index contributed by atoms with van der Waals surface area (Å²) in [4.78, 5) is 23.6. The zero-order chi connectivity index (χ0) is 23.8. The molecule has 3 aliphatic rings. The first-order valence-corrected chi connectivity index (χ1v) is 13.4. The molecule has 0 spiro atoms. The number of aromatic nitrogens is 4. The van der Waals surface area contributed by atoms with Crippen LogP contribution >= 0.6 is 23.4 Å². The Bertz CT molecular complexity index is 1450. The number of benzene rings is 1. The van der Waals surface area contributed by atoms with Crippen molar-refractivity contribution in [1.82, 2.24) is 19.9 Å². The van der Waals surface area contributed by atoms with Crippen LogP contribution in [0.25, 0.3) is 21.9 Å². The van der Waals surface area contributed by atoms with Gasteiger partial charge in [0.2, 0.25) is 0 Å². The lowest BCUT2D eigenvalue weighted by Crippen LogP contribution is -2.55. The first-order chi connectivity index (χ1) is 17.0. The molecule has 2 saturated heterocycles. The number of rotatable bonds is 5. The Labute approximate surface area is 212 Å². The summed E-state index contributed by atoms with van der Waals surface area (Å²) in [5.74, 6) is 2.02. The standard InChI is InChI=1S/C25H27ClN8S/c1-2-17-21(26)20-23(30-17)31-25(32-24(20)34-10-15-16(11-34)22(15)28)35-13-3-4-14-18(7-13)29-6-5-19(14)33-8-12(27)9-33/h3-7,12,15-16,22H,2,8-11,27-28H2,1H3,(H,30,31,32)/t15-,16+,22?. The predicted molar refractivity (Wildman–Crippen MR) is 141 cm³/mol. The van der Waals surface area contributed by atoms with E-state index in [-0.39, 0.29) is 6.04 Å². The van der Waals surface area contributed by atoms with Crippen molar-refractivity contribution in [2.45, 2.75) is 35.5 Å². The highest BCUT2D eigenvalue weighted by molar-refractivity contribution is 7.99. The van der Waals surface area contributed by atoms with Gasteiger partial charge in [-0.1, -0.05) is 18.5 Å². The molecule has 1 unspecified atom stereocenters. The highest BCUT2D eigenvalue weighted by Gasteiger charge is 2.54. The number of H-pyrrole nitrogens is 1. The number of nitrogens with two attached hydrogens (primary N) is 2. The minimum absolute atomic E-state index is 0.251. The van der Waals surface area contributed by atoms with Crippen LogP contribution in [0.5, 0.6) is 0 Å². The molecular formula is C25H27ClN8S. The number of fused-ring (bicyclic) bond motifs is 3. The molecule has 3 fully saturated rings. The van der Waals surface area contributed by atoms with Crippen molar-refractivity contribution in [3.8, 4) is 0 Å². The monoisotopic (exact) mass is 506 g/mol. The van der Waals surface area contributed by atoms with Crippen molar-refractivity contribution in [2.24, 2.45) is 23.3 Å². The Balaban J connectivity index is 1.25. The van der Waals surface area contributed by atoms with Gasteiger partial charge in [-0.25, -0.2) is 9.97 Å². The van der Waals surface area contributed by atoms with Crippen LogP contribution in [0.2, 0.25) is 5.02 Å². The molecule has 5 heterocycles. The van der Waals surface area contributed by atoms with E-state index in [0.29, 0.717) is 23.0 Å². The third kappa shape index (κ3) is 3.48. The molecular weight excluding hydrogens is 480 g/mol. The molecule has 10 heteroatoms. The average Bonchev–Trinajstić information content (AvgIpc) is 3.16. The fraction of sp³-hybridized carbons (Fsp3) is 0.400. The third-order valence-corrected chi connectivity index (χ3v) is 8.96. The Morgan fingerprint density at radius 2 is 1.89 bits per heavy atom. The van der Waals surface area contributed by atoms with Gasteiger partial charge in [0.25, 0.3) is 0 Å². The van der Waals surface area contributed by atoms with Crippen LogP contribution in [0.4, 0.5) is 11.5 Å². The molecule has 180 valence electrons. The number of hydrogen-bond acceptors (Lipinski definition) is 8. The normalized spacial score (nSPS) is 23.8. The van der Waals surface area contributed by atoms with Crippen molar-refractivity contribution in [2.75, 3.05) is 36.0 Å². The molecule has 8 nitrogen and oxygen atoms in total. The molecule has 0 bridgehead atoms. The van der Waals surface area contributed by atoms with Gasteiger partial charge in [0.05, 0.1) is 15.9 Å². The van der Waals surface area contributed by atoms with E-state index in [0.717, 1.165) is 76.0 Å². The van der Waals surface area contributed by atoms with E-state index in [2.05, 4.69) is 51.0 Å². The fourth-order valence-electron chi connectivity index (χ4n) is 5.60. The molecule has 0 radical (unpaired) electrons. The fourth-order valence-corrected chi connectivity index (χ4v) is 6.74. The Morgan fingerprint density at radius 1 is 1.09 bits per heavy atom. The van der Waals surface area contributed by atoms with Crippen LogP contribution in [-0.2, 0) is 6.42 Å². The van der Waals surface area contributed by atoms with Gasteiger partial charge < -0.3 is 26.3 Å². The lowest BCUT2D eigenvalue weighted by Gasteiger charge is -2.39. The van der Waals surface area contributed by atoms with Crippen molar-refractivity contribution < 1.29 is 0 Å². The Morgan fingerprint density at radius 3 is 2.63 bits per heavy atom. The number of aryl methyl sites for hydroxylation is 1. The van der Waals surface area contributed by atoms with Crippen LogP contribution in [0.1, 0.15) is 12.6 Å². The molecule has 3 atom stereocenters. The van der Waals surface area contributed by atoms with E-state index >= 15 is 0 Å². The summed E-state index contributed by atoms with van der Waals surface area (Å²) in [5.41, 5.74) is 16.1. The number of piperidine rings is 1. The number of halogens is 1. The number of anilines is 2. The number of nitrogens with zero attached hydrogens (tertiary/aromatic N) is 5. The second kappa shape index (κ2) is 7.96. The van der Waals surface area contributed by atoms with Gasteiger partial charge in [0.15, 0.2) is 5.16 Å². The summed E-state index contributed by atoms with van der Waals surface area (Å²) >= 11 is 8.32. The van der Waals surface area contributed by atoms with Crippen LogP contribution in [-0.4, -0.2) is 58.2 Å². The minimum Gasteiger partial charge on any atom is -0.368 e. The number of aromatic amines is 1. The van der Waals surface area contributed by atoms with Gasteiger partial charge in [-0.15, -0.1) is 0 Å². The van der Waals surface area contributed by atoms with Gasteiger partial charge in [0.1, 0.15) is 11.5 Å². The minimum atomic E-state index is 0.251. The molecule has 4 aromatic rings. The number of nitrogens with one attached hydrogen (secondary N) is 1. The maximum Gasteiger partial charge on any atom is 0.196 e. The first-order valence-electron chi connectivity index (χ1n) is 12.2. The smallest absolute Gasteiger partial charge is 0.196 e. The maximum atomic E-state index is 6.77. The molecule has 0 amide bonds. The molecule has 1 aliphatic carbocycles. The van der Waals surface area contributed by atoms with Gasteiger partial charge >= 0.3 is 0 Å². The second-order valence-electron chi connectivity index (χ2n) is 9.91. The van der Waals surface area contributed by atoms with Crippen molar-refractivity contribution >= 4 is 56.8 Å². The van der Waals surface area contributed by atoms with Gasteiger partial charge in [0, 0.05) is 66.1 Å². The molecule has 1 saturated carbocycles. The molecule has 1 aromatic carbocycles. The lowest BCUT2D eigenvalue weighted by atomic mass is 10.1. The van der Waals surface area contributed by atoms with Crippen molar-refractivity contribution in [3.63, 3.8) is 0 Å². The zero-order valence-electron chi connectivity index (χ0n) is 19.4. The quantitative estimate of drug-likeness (QED) is 0.353. The molecule has 35 heavy (non-hydrogen) atoms. The molecule has 7 rings (SSSR count). The van der Waals surface area contributed by atoms with E-state index in [1.165, 1.54) is 5.69 Å². The molecule has 3 aromatic heterocycles. The van der Waals surface area contributed by atoms with E-state index in [4.69, 9.17) is 33.0 Å². The average molecular weight is 507 g/mol. The maximum absolute atomic E-state index is 6.77. The highest BCUT2D eigenvalue weighted by atomic mass is 35.5. The first kappa shape index (κ1) is 21.7.